The van der Waals surface area contributed by atoms with E-state index in [1.807, 2.05) is 11.7 Å². The van der Waals surface area contributed by atoms with E-state index >= 15 is 0 Å². The normalized spacial score (nSPS) is 16.1. The SMILES string of the molecule is Cc1nn(C)cc1CN1CCN(C(c2ccccc2)c2ccccc2)CC1. The molecule has 27 heavy (non-hydrogen) atoms. The summed E-state index contributed by atoms with van der Waals surface area (Å²) < 4.78 is 1.92. The number of rotatable bonds is 5. The lowest BCUT2D eigenvalue weighted by Crippen LogP contribution is -2.47. The first kappa shape index (κ1) is 18.0. The van der Waals surface area contributed by atoms with E-state index in [1.165, 1.54) is 16.7 Å². The molecule has 0 bridgehead atoms. The van der Waals surface area contributed by atoms with Gasteiger partial charge in [-0.1, -0.05) is 60.7 Å². The minimum atomic E-state index is 0.328. The summed E-state index contributed by atoms with van der Waals surface area (Å²) in [6, 6.07) is 22.1. The summed E-state index contributed by atoms with van der Waals surface area (Å²) in [5.41, 5.74) is 5.24. The smallest absolute Gasteiger partial charge is 0.0638 e. The third-order valence-corrected chi connectivity index (χ3v) is 5.51. The molecule has 140 valence electrons. The Labute approximate surface area is 162 Å². The number of piperazine rings is 1. The van der Waals surface area contributed by atoms with Crippen molar-refractivity contribution in [3.05, 3.63) is 89.2 Å². The van der Waals surface area contributed by atoms with Crippen LogP contribution in [0.2, 0.25) is 0 Å². The second-order valence-corrected chi connectivity index (χ2v) is 7.45. The summed E-state index contributed by atoms with van der Waals surface area (Å²) in [4.78, 5) is 5.17. The van der Waals surface area contributed by atoms with Gasteiger partial charge in [0.1, 0.15) is 0 Å². The lowest BCUT2D eigenvalue weighted by molar-refractivity contribution is 0.105. The van der Waals surface area contributed by atoms with Gasteiger partial charge < -0.3 is 0 Å². The van der Waals surface area contributed by atoms with Gasteiger partial charge in [0.2, 0.25) is 0 Å². The number of nitrogens with zero attached hydrogens (tertiary/aromatic N) is 4. The van der Waals surface area contributed by atoms with Gasteiger partial charge in [0.25, 0.3) is 0 Å². The maximum atomic E-state index is 4.48. The first-order valence-corrected chi connectivity index (χ1v) is 9.76. The zero-order chi connectivity index (χ0) is 18.6. The molecule has 0 amide bonds. The van der Waals surface area contributed by atoms with Crippen LogP contribution < -0.4 is 0 Å². The van der Waals surface area contributed by atoms with Gasteiger partial charge in [-0.15, -0.1) is 0 Å². The molecule has 1 fully saturated rings. The fraction of sp³-hybridized carbons (Fsp3) is 0.348. The Morgan fingerprint density at radius 3 is 1.89 bits per heavy atom. The zero-order valence-electron chi connectivity index (χ0n) is 16.3. The minimum Gasteiger partial charge on any atom is -0.296 e. The van der Waals surface area contributed by atoms with Crippen LogP contribution in [-0.4, -0.2) is 45.8 Å². The molecule has 0 atom stereocenters. The average Bonchev–Trinajstić information content (AvgIpc) is 3.02. The standard InChI is InChI=1S/C23H28N4/c1-19-22(17-25(2)24-19)18-26-13-15-27(16-14-26)23(20-9-5-3-6-10-20)21-11-7-4-8-12-21/h3-12,17,23H,13-16,18H2,1-2H3. The lowest BCUT2D eigenvalue weighted by atomic mass is 9.96. The zero-order valence-corrected chi connectivity index (χ0v) is 16.3. The summed E-state index contributed by atoms with van der Waals surface area (Å²) >= 11 is 0. The highest BCUT2D eigenvalue weighted by atomic mass is 15.3. The maximum absolute atomic E-state index is 4.48. The van der Waals surface area contributed by atoms with Crippen LogP contribution in [0.15, 0.2) is 66.9 Å². The molecular weight excluding hydrogens is 332 g/mol. The second-order valence-electron chi connectivity index (χ2n) is 7.45. The van der Waals surface area contributed by atoms with Gasteiger partial charge >= 0.3 is 0 Å². The molecular formula is C23H28N4. The molecule has 3 aromatic rings. The summed E-state index contributed by atoms with van der Waals surface area (Å²) in [7, 11) is 2.00. The molecule has 4 heteroatoms. The van der Waals surface area contributed by atoms with Crippen molar-refractivity contribution in [2.75, 3.05) is 26.2 Å². The Morgan fingerprint density at radius 2 is 1.41 bits per heavy atom. The van der Waals surface area contributed by atoms with Crippen molar-refractivity contribution in [1.29, 1.82) is 0 Å². The summed E-state index contributed by atoms with van der Waals surface area (Å²) in [6.07, 6.45) is 2.15. The van der Waals surface area contributed by atoms with E-state index in [-0.39, 0.29) is 0 Å². The largest absolute Gasteiger partial charge is 0.296 e. The van der Waals surface area contributed by atoms with Crippen LogP contribution in [0.25, 0.3) is 0 Å². The molecule has 4 rings (SSSR count). The van der Waals surface area contributed by atoms with Gasteiger partial charge in [-0.05, 0) is 18.1 Å². The van der Waals surface area contributed by atoms with Crippen molar-refractivity contribution in [3.8, 4) is 0 Å². The molecule has 2 heterocycles. The van der Waals surface area contributed by atoms with Crippen molar-refractivity contribution >= 4 is 0 Å². The second kappa shape index (κ2) is 8.07. The van der Waals surface area contributed by atoms with Crippen molar-refractivity contribution in [1.82, 2.24) is 19.6 Å². The number of hydrogen-bond donors (Lipinski definition) is 0. The van der Waals surface area contributed by atoms with E-state index < -0.39 is 0 Å². The molecule has 0 radical (unpaired) electrons. The first-order valence-electron chi connectivity index (χ1n) is 9.76. The van der Waals surface area contributed by atoms with Crippen LogP contribution in [0, 0.1) is 6.92 Å². The van der Waals surface area contributed by atoms with E-state index in [4.69, 9.17) is 0 Å². The Bertz CT molecular complexity index is 809. The predicted molar refractivity (Wildman–Crippen MR) is 110 cm³/mol. The van der Waals surface area contributed by atoms with Crippen LogP contribution in [0.1, 0.15) is 28.4 Å². The van der Waals surface area contributed by atoms with Crippen LogP contribution in [0.3, 0.4) is 0 Å². The van der Waals surface area contributed by atoms with Crippen LogP contribution in [0.5, 0.6) is 0 Å². The summed E-state index contributed by atoms with van der Waals surface area (Å²) in [5.74, 6) is 0. The van der Waals surface area contributed by atoms with E-state index in [0.29, 0.717) is 6.04 Å². The Hall–Kier alpha value is -2.43. The molecule has 0 aliphatic carbocycles. The van der Waals surface area contributed by atoms with Gasteiger partial charge in [-0.2, -0.15) is 5.10 Å². The monoisotopic (exact) mass is 360 g/mol. The van der Waals surface area contributed by atoms with E-state index in [1.54, 1.807) is 0 Å². The molecule has 0 N–H and O–H groups in total. The first-order chi connectivity index (χ1) is 13.2. The van der Waals surface area contributed by atoms with Crippen LogP contribution >= 0.6 is 0 Å². The minimum absolute atomic E-state index is 0.328. The number of aromatic nitrogens is 2. The molecule has 1 saturated heterocycles. The highest BCUT2D eigenvalue weighted by Gasteiger charge is 2.26. The van der Waals surface area contributed by atoms with Gasteiger partial charge in [-0.3, -0.25) is 14.5 Å². The summed E-state index contributed by atoms with van der Waals surface area (Å²) in [6.45, 7) is 7.43. The Balaban J connectivity index is 1.48. The van der Waals surface area contributed by atoms with Gasteiger partial charge in [0.05, 0.1) is 11.7 Å². The van der Waals surface area contributed by atoms with Crippen LogP contribution in [0.4, 0.5) is 0 Å². The molecule has 0 spiro atoms. The maximum Gasteiger partial charge on any atom is 0.0638 e. The van der Waals surface area contributed by atoms with Gasteiger partial charge in [-0.25, -0.2) is 0 Å². The summed E-state index contributed by atoms with van der Waals surface area (Å²) in [5, 5.41) is 4.48. The van der Waals surface area contributed by atoms with Crippen molar-refractivity contribution < 1.29 is 0 Å². The molecule has 1 aromatic heterocycles. The van der Waals surface area contributed by atoms with E-state index in [2.05, 4.69) is 88.7 Å². The molecule has 1 aliphatic rings. The fourth-order valence-corrected chi connectivity index (χ4v) is 4.11. The van der Waals surface area contributed by atoms with Crippen molar-refractivity contribution in [2.24, 2.45) is 7.05 Å². The lowest BCUT2D eigenvalue weighted by Gasteiger charge is -2.39. The molecule has 4 nitrogen and oxygen atoms in total. The highest BCUT2D eigenvalue weighted by molar-refractivity contribution is 5.32. The topological polar surface area (TPSA) is 24.3 Å². The highest BCUT2D eigenvalue weighted by Crippen LogP contribution is 2.29. The van der Waals surface area contributed by atoms with E-state index in [0.717, 1.165) is 38.4 Å². The number of aryl methyl sites for hydroxylation is 2. The quantitative estimate of drug-likeness (QED) is 0.694. The van der Waals surface area contributed by atoms with E-state index in [9.17, 15) is 0 Å². The molecule has 0 unspecified atom stereocenters. The van der Waals surface area contributed by atoms with Gasteiger partial charge in [0.15, 0.2) is 0 Å². The third-order valence-electron chi connectivity index (χ3n) is 5.51. The molecule has 0 saturated carbocycles. The molecule has 1 aliphatic heterocycles. The third kappa shape index (κ3) is 4.12. The van der Waals surface area contributed by atoms with Crippen molar-refractivity contribution in [3.63, 3.8) is 0 Å². The van der Waals surface area contributed by atoms with Crippen LogP contribution in [-0.2, 0) is 13.6 Å². The van der Waals surface area contributed by atoms with Crippen molar-refractivity contribution in [2.45, 2.75) is 19.5 Å². The van der Waals surface area contributed by atoms with Gasteiger partial charge in [0, 0.05) is 51.5 Å². The molecule has 2 aromatic carbocycles. The average molecular weight is 361 g/mol. The Morgan fingerprint density at radius 1 is 0.852 bits per heavy atom. The Kier molecular flexibility index (Phi) is 5.37. The number of benzene rings is 2. The fourth-order valence-electron chi connectivity index (χ4n) is 4.11. The number of hydrogen-bond acceptors (Lipinski definition) is 3. The predicted octanol–water partition coefficient (Wildman–Crippen LogP) is 3.64.